The van der Waals surface area contributed by atoms with E-state index in [1.54, 1.807) is 13.0 Å². The Morgan fingerprint density at radius 3 is 2.94 bits per heavy atom. The van der Waals surface area contributed by atoms with E-state index in [-0.39, 0.29) is 5.82 Å². The van der Waals surface area contributed by atoms with Gasteiger partial charge in [-0.25, -0.2) is 4.39 Å². The monoisotopic (exact) mass is 269 g/mol. The van der Waals surface area contributed by atoms with E-state index >= 15 is 0 Å². The van der Waals surface area contributed by atoms with Crippen molar-refractivity contribution in [3.8, 4) is 0 Å². The van der Waals surface area contributed by atoms with Crippen LogP contribution in [0, 0.1) is 12.7 Å². The smallest absolute Gasteiger partial charge is 0.223 e. The summed E-state index contributed by atoms with van der Waals surface area (Å²) in [5.74, 6) is 0.905. The van der Waals surface area contributed by atoms with Crippen LogP contribution in [0.4, 0.5) is 4.39 Å². The number of aromatic nitrogens is 2. The van der Waals surface area contributed by atoms with Gasteiger partial charge in [-0.05, 0) is 17.7 Å². The number of hydrogen-bond donors (Lipinski definition) is 1. The highest BCUT2D eigenvalue weighted by Crippen LogP contribution is 2.16. The number of halogens is 2. The van der Waals surface area contributed by atoms with E-state index in [4.69, 9.17) is 16.1 Å². The molecule has 2 aromatic rings. The van der Waals surface area contributed by atoms with Gasteiger partial charge in [0.15, 0.2) is 5.82 Å². The van der Waals surface area contributed by atoms with Crippen molar-refractivity contribution in [1.82, 2.24) is 15.5 Å². The summed E-state index contributed by atoms with van der Waals surface area (Å²) in [6.07, 6.45) is 0.677. The summed E-state index contributed by atoms with van der Waals surface area (Å²) in [7, 11) is 0. The predicted molar refractivity (Wildman–Crippen MR) is 65.9 cm³/mol. The highest BCUT2D eigenvalue weighted by Gasteiger charge is 2.03. The summed E-state index contributed by atoms with van der Waals surface area (Å²) in [6.45, 7) is 3.03. The second kappa shape index (κ2) is 5.93. The van der Waals surface area contributed by atoms with Gasteiger partial charge in [-0.15, -0.1) is 0 Å². The van der Waals surface area contributed by atoms with Crippen LogP contribution in [0.15, 0.2) is 22.7 Å². The Morgan fingerprint density at radius 2 is 2.28 bits per heavy atom. The van der Waals surface area contributed by atoms with Crippen LogP contribution in [0.25, 0.3) is 0 Å². The molecule has 1 aromatic carbocycles. The van der Waals surface area contributed by atoms with Gasteiger partial charge in [0.2, 0.25) is 5.89 Å². The standard InChI is InChI=1S/C12H13ClFN3O/c1-8-16-12(17-18-8)4-5-15-7-9-2-3-10(14)6-11(9)13/h2-3,6,15H,4-5,7H2,1H3. The Hall–Kier alpha value is -1.46. The second-order valence-electron chi connectivity index (χ2n) is 3.89. The third-order valence-corrected chi connectivity index (χ3v) is 2.78. The molecular weight excluding hydrogens is 257 g/mol. The van der Waals surface area contributed by atoms with Gasteiger partial charge in [0.05, 0.1) is 0 Å². The van der Waals surface area contributed by atoms with Crippen molar-refractivity contribution in [2.24, 2.45) is 0 Å². The Bertz CT molecular complexity index is 530. The first-order chi connectivity index (χ1) is 8.65. The number of nitrogens with zero attached hydrogens (tertiary/aromatic N) is 2. The van der Waals surface area contributed by atoms with Gasteiger partial charge in [-0.3, -0.25) is 0 Å². The molecule has 0 spiro atoms. The van der Waals surface area contributed by atoms with Crippen LogP contribution in [0.3, 0.4) is 0 Å². The van der Waals surface area contributed by atoms with Crippen molar-refractivity contribution in [2.75, 3.05) is 6.54 Å². The normalized spacial score (nSPS) is 10.8. The lowest BCUT2D eigenvalue weighted by atomic mass is 10.2. The van der Waals surface area contributed by atoms with Crippen LogP contribution >= 0.6 is 11.6 Å². The summed E-state index contributed by atoms with van der Waals surface area (Å²) in [4.78, 5) is 4.09. The SMILES string of the molecule is Cc1nc(CCNCc2ccc(F)cc2Cl)no1. The molecule has 0 radical (unpaired) electrons. The number of benzene rings is 1. The first kappa shape index (κ1) is 13.0. The quantitative estimate of drug-likeness (QED) is 0.848. The number of nitrogens with one attached hydrogen (secondary N) is 1. The van der Waals surface area contributed by atoms with Gasteiger partial charge in [0, 0.05) is 31.5 Å². The van der Waals surface area contributed by atoms with Crippen molar-refractivity contribution >= 4 is 11.6 Å². The highest BCUT2D eigenvalue weighted by molar-refractivity contribution is 6.31. The Balaban J connectivity index is 1.78. The molecule has 0 aliphatic carbocycles. The molecule has 96 valence electrons. The fourth-order valence-corrected chi connectivity index (χ4v) is 1.77. The molecule has 0 saturated carbocycles. The third-order valence-electron chi connectivity index (χ3n) is 2.43. The molecule has 0 atom stereocenters. The molecule has 0 amide bonds. The number of rotatable bonds is 5. The van der Waals surface area contributed by atoms with E-state index in [1.165, 1.54) is 12.1 Å². The zero-order valence-corrected chi connectivity index (χ0v) is 10.7. The average Bonchev–Trinajstić information content (AvgIpc) is 2.73. The molecule has 0 saturated heterocycles. The van der Waals surface area contributed by atoms with Crippen LogP contribution in [0.5, 0.6) is 0 Å². The fraction of sp³-hybridized carbons (Fsp3) is 0.333. The van der Waals surface area contributed by atoms with Crippen LogP contribution in [-0.2, 0) is 13.0 Å². The summed E-state index contributed by atoms with van der Waals surface area (Å²) in [5, 5.41) is 7.41. The van der Waals surface area contributed by atoms with Gasteiger partial charge < -0.3 is 9.84 Å². The van der Waals surface area contributed by atoms with Gasteiger partial charge in [-0.2, -0.15) is 4.98 Å². The predicted octanol–water partition coefficient (Wildman–Crippen LogP) is 2.50. The minimum atomic E-state index is -0.328. The van der Waals surface area contributed by atoms with Gasteiger partial charge in [-0.1, -0.05) is 22.8 Å². The molecule has 0 fully saturated rings. The minimum absolute atomic E-state index is 0.328. The Kier molecular flexibility index (Phi) is 4.28. The molecule has 0 bridgehead atoms. The summed E-state index contributed by atoms with van der Waals surface area (Å²) in [5.41, 5.74) is 0.863. The lowest BCUT2D eigenvalue weighted by molar-refractivity contribution is 0.387. The molecule has 1 heterocycles. The highest BCUT2D eigenvalue weighted by atomic mass is 35.5. The molecular formula is C12H13ClFN3O. The van der Waals surface area contributed by atoms with Crippen LogP contribution < -0.4 is 5.32 Å². The molecule has 0 aliphatic heterocycles. The van der Waals surface area contributed by atoms with Crippen molar-refractivity contribution in [2.45, 2.75) is 19.9 Å². The largest absolute Gasteiger partial charge is 0.340 e. The fourth-order valence-electron chi connectivity index (χ4n) is 1.53. The van der Waals surface area contributed by atoms with Crippen molar-refractivity contribution < 1.29 is 8.91 Å². The number of aryl methyl sites for hydroxylation is 1. The van der Waals surface area contributed by atoms with E-state index < -0.39 is 0 Å². The van der Waals surface area contributed by atoms with Crippen LogP contribution in [0.1, 0.15) is 17.3 Å². The lowest BCUT2D eigenvalue weighted by Gasteiger charge is -2.05. The maximum atomic E-state index is 12.8. The molecule has 0 unspecified atom stereocenters. The molecule has 18 heavy (non-hydrogen) atoms. The molecule has 0 aliphatic rings. The summed E-state index contributed by atoms with van der Waals surface area (Å²) >= 11 is 5.91. The molecule has 1 N–H and O–H groups in total. The molecule has 2 rings (SSSR count). The van der Waals surface area contributed by atoms with Crippen molar-refractivity contribution in [3.63, 3.8) is 0 Å². The average molecular weight is 270 g/mol. The maximum Gasteiger partial charge on any atom is 0.223 e. The second-order valence-corrected chi connectivity index (χ2v) is 4.30. The summed E-state index contributed by atoms with van der Waals surface area (Å²) < 4.78 is 17.7. The Morgan fingerprint density at radius 1 is 1.44 bits per heavy atom. The van der Waals surface area contributed by atoms with E-state index in [0.29, 0.717) is 36.2 Å². The molecule has 4 nitrogen and oxygen atoms in total. The first-order valence-electron chi connectivity index (χ1n) is 5.59. The lowest BCUT2D eigenvalue weighted by Crippen LogP contribution is -2.17. The van der Waals surface area contributed by atoms with Gasteiger partial charge in [0.25, 0.3) is 0 Å². The van der Waals surface area contributed by atoms with Crippen molar-refractivity contribution in [1.29, 1.82) is 0 Å². The molecule has 6 heteroatoms. The van der Waals surface area contributed by atoms with Gasteiger partial charge in [0.1, 0.15) is 5.82 Å². The maximum absolute atomic E-state index is 12.8. The van der Waals surface area contributed by atoms with Crippen molar-refractivity contribution in [3.05, 3.63) is 46.3 Å². The Labute approximate surface area is 109 Å². The van der Waals surface area contributed by atoms with Crippen LogP contribution in [-0.4, -0.2) is 16.7 Å². The van der Waals surface area contributed by atoms with E-state index in [9.17, 15) is 4.39 Å². The van der Waals surface area contributed by atoms with E-state index in [0.717, 1.165) is 5.56 Å². The first-order valence-corrected chi connectivity index (χ1v) is 5.97. The van der Waals surface area contributed by atoms with E-state index in [2.05, 4.69) is 15.5 Å². The zero-order valence-electron chi connectivity index (χ0n) is 9.91. The summed E-state index contributed by atoms with van der Waals surface area (Å²) in [6, 6.07) is 4.37. The van der Waals surface area contributed by atoms with E-state index in [1.807, 2.05) is 0 Å². The molecule has 1 aromatic heterocycles. The zero-order chi connectivity index (χ0) is 13.0. The minimum Gasteiger partial charge on any atom is -0.340 e. The third kappa shape index (κ3) is 3.51. The topological polar surface area (TPSA) is 51.0 Å². The van der Waals surface area contributed by atoms with Crippen LogP contribution in [0.2, 0.25) is 5.02 Å². The van der Waals surface area contributed by atoms with Gasteiger partial charge >= 0.3 is 0 Å². The number of hydrogen-bond acceptors (Lipinski definition) is 4.